The summed E-state index contributed by atoms with van der Waals surface area (Å²) < 4.78 is 66.0. The maximum absolute atomic E-state index is 14.1. The molecule has 1 fully saturated rings. The van der Waals surface area contributed by atoms with Crippen molar-refractivity contribution in [1.82, 2.24) is 4.90 Å². The van der Waals surface area contributed by atoms with E-state index in [-0.39, 0.29) is 27.5 Å². The third-order valence-corrected chi connectivity index (χ3v) is 6.70. The number of rotatable bonds is 5. The van der Waals surface area contributed by atoms with Gasteiger partial charge in [0.25, 0.3) is 0 Å². The van der Waals surface area contributed by atoms with Crippen molar-refractivity contribution in [2.75, 3.05) is 20.1 Å². The number of hydrogen-bond donors (Lipinski definition) is 1. The maximum atomic E-state index is 14.1. The Morgan fingerprint density at radius 3 is 2.38 bits per heavy atom. The molecule has 0 radical (unpaired) electrons. The van der Waals surface area contributed by atoms with Crippen molar-refractivity contribution in [3.8, 4) is 0 Å². The van der Waals surface area contributed by atoms with Crippen molar-refractivity contribution in [2.45, 2.75) is 39.1 Å². The predicted molar refractivity (Wildman–Crippen MR) is 104 cm³/mol. The lowest BCUT2D eigenvalue weighted by Crippen LogP contribution is -2.32. The SMILES string of the molecule is CN1CCC(C(O)c2cc(SC(F)(F)F)ccc2Sc2cc(F)ccc2F)CC1. The molecule has 158 valence electrons. The molecule has 2 aromatic carbocycles. The van der Waals surface area contributed by atoms with Crippen molar-refractivity contribution in [3.63, 3.8) is 0 Å². The van der Waals surface area contributed by atoms with Crippen LogP contribution in [-0.2, 0) is 0 Å². The van der Waals surface area contributed by atoms with Gasteiger partial charge in [-0.2, -0.15) is 13.2 Å². The molecule has 1 aliphatic heterocycles. The van der Waals surface area contributed by atoms with Crippen LogP contribution in [0.5, 0.6) is 0 Å². The van der Waals surface area contributed by atoms with Crippen LogP contribution in [0, 0.1) is 17.6 Å². The molecular weight excluding hydrogens is 429 g/mol. The molecule has 9 heteroatoms. The summed E-state index contributed by atoms with van der Waals surface area (Å²) >= 11 is 0.636. The van der Waals surface area contributed by atoms with Gasteiger partial charge in [-0.3, -0.25) is 0 Å². The van der Waals surface area contributed by atoms with Gasteiger partial charge in [0.15, 0.2) is 0 Å². The highest BCUT2D eigenvalue weighted by Gasteiger charge is 2.31. The van der Waals surface area contributed by atoms with E-state index in [2.05, 4.69) is 4.90 Å². The summed E-state index contributed by atoms with van der Waals surface area (Å²) in [6.07, 6.45) is 0.413. The van der Waals surface area contributed by atoms with Gasteiger partial charge in [0.05, 0.1) is 11.0 Å². The van der Waals surface area contributed by atoms with Crippen LogP contribution >= 0.6 is 23.5 Å². The minimum atomic E-state index is -4.46. The Labute approximate surface area is 174 Å². The number of likely N-dealkylation sites (tertiary alicyclic amines) is 1. The van der Waals surface area contributed by atoms with E-state index in [1.807, 2.05) is 7.05 Å². The van der Waals surface area contributed by atoms with Crippen molar-refractivity contribution in [2.24, 2.45) is 5.92 Å². The fourth-order valence-corrected chi connectivity index (χ4v) is 4.92. The van der Waals surface area contributed by atoms with E-state index in [4.69, 9.17) is 0 Å². The van der Waals surface area contributed by atoms with Gasteiger partial charge >= 0.3 is 5.51 Å². The molecule has 0 spiro atoms. The molecule has 1 atom stereocenters. The molecule has 1 N–H and O–H groups in total. The number of benzene rings is 2. The van der Waals surface area contributed by atoms with E-state index < -0.39 is 23.2 Å². The van der Waals surface area contributed by atoms with Gasteiger partial charge in [-0.25, -0.2) is 8.78 Å². The first-order valence-corrected chi connectivity index (χ1v) is 10.6. The summed E-state index contributed by atoms with van der Waals surface area (Å²) in [6, 6.07) is 7.04. The van der Waals surface area contributed by atoms with Gasteiger partial charge in [-0.1, -0.05) is 11.8 Å². The van der Waals surface area contributed by atoms with E-state index in [1.54, 1.807) is 0 Å². The van der Waals surface area contributed by atoms with E-state index in [0.717, 1.165) is 43.1 Å². The third kappa shape index (κ3) is 6.10. The second-order valence-electron chi connectivity index (χ2n) is 7.01. The smallest absolute Gasteiger partial charge is 0.388 e. The molecule has 1 aliphatic rings. The van der Waals surface area contributed by atoms with Crippen LogP contribution < -0.4 is 0 Å². The normalized spacial score (nSPS) is 17.5. The lowest BCUT2D eigenvalue weighted by atomic mass is 9.87. The zero-order valence-corrected chi connectivity index (χ0v) is 17.2. The summed E-state index contributed by atoms with van der Waals surface area (Å²) in [4.78, 5) is 2.49. The zero-order chi connectivity index (χ0) is 21.2. The van der Waals surface area contributed by atoms with Crippen LogP contribution in [0.15, 0.2) is 51.1 Å². The monoisotopic (exact) mass is 449 g/mol. The Kier molecular flexibility index (Phi) is 7.14. The van der Waals surface area contributed by atoms with Crippen LogP contribution in [0.4, 0.5) is 22.0 Å². The number of alkyl halides is 3. The summed E-state index contributed by atoms with van der Waals surface area (Å²) in [5.74, 6) is -1.37. The van der Waals surface area contributed by atoms with Gasteiger partial charge in [0.1, 0.15) is 11.6 Å². The molecule has 3 rings (SSSR count). The molecule has 29 heavy (non-hydrogen) atoms. The van der Waals surface area contributed by atoms with Crippen LogP contribution in [0.25, 0.3) is 0 Å². The predicted octanol–water partition coefficient (Wildman–Crippen LogP) is 6.10. The summed E-state index contributed by atoms with van der Waals surface area (Å²) in [7, 11) is 1.97. The van der Waals surface area contributed by atoms with Gasteiger partial charge in [0.2, 0.25) is 0 Å². The van der Waals surface area contributed by atoms with Crippen molar-refractivity contribution in [3.05, 3.63) is 53.6 Å². The van der Waals surface area contributed by atoms with Gasteiger partial charge in [-0.05, 0) is 92.6 Å². The quantitative estimate of drug-likeness (QED) is 0.440. The van der Waals surface area contributed by atoms with Crippen LogP contribution in [-0.4, -0.2) is 35.7 Å². The van der Waals surface area contributed by atoms with Crippen LogP contribution in [0.3, 0.4) is 0 Å². The lowest BCUT2D eigenvalue weighted by Gasteiger charge is -2.32. The molecule has 0 amide bonds. The molecule has 1 heterocycles. The summed E-state index contributed by atoms with van der Waals surface area (Å²) in [6.45, 7) is 1.55. The second-order valence-corrected chi connectivity index (χ2v) is 9.23. The number of thioether (sulfide) groups is 1. The molecule has 1 unspecified atom stereocenters. The van der Waals surface area contributed by atoms with Crippen LogP contribution in [0.1, 0.15) is 24.5 Å². The van der Waals surface area contributed by atoms with E-state index in [1.165, 1.54) is 18.2 Å². The fourth-order valence-electron chi connectivity index (χ4n) is 3.32. The average molecular weight is 450 g/mol. The van der Waals surface area contributed by atoms with E-state index >= 15 is 0 Å². The molecule has 2 nitrogen and oxygen atoms in total. The Morgan fingerprint density at radius 2 is 1.72 bits per heavy atom. The third-order valence-electron chi connectivity index (χ3n) is 4.86. The van der Waals surface area contributed by atoms with Gasteiger partial charge in [-0.15, -0.1) is 0 Å². The Hall–Kier alpha value is -1.29. The molecule has 0 aliphatic carbocycles. The fraction of sp³-hybridized carbons (Fsp3) is 0.400. The average Bonchev–Trinajstić information content (AvgIpc) is 2.65. The largest absolute Gasteiger partial charge is 0.446 e. The van der Waals surface area contributed by atoms with Crippen LogP contribution in [0.2, 0.25) is 0 Å². The minimum Gasteiger partial charge on any atom is -0.388 e. The molecule has 2 aromatic rings. The minimum absolute atomic E-state index is 0.0121. The highest BCUT2D eigenvalue weighted by atomic mass is 32.2. The van der Waals surface area contributed by atoms with Gasteiger partial charge in [0, 0.05) is 9.79 Å². The first-order chi connectivity index (χ1) is 13.6. The zero-order valence-electron chi connectivity index (χ0n) is 15.5. The summed E-state index contributed by atoms with van der Waals surface area (Å²) in [5, 5.41) is 10.9. The number of nitrogens with zero attached hydrogens (tertiary/aromatic N) is 1. The standard InChI is InChI=1S/C20H20F5NOS2/c1-26-8-6-12(7-9-26)19(27)15-11-14(29-20(23,24)25)3-5-17(15)28-18-10-13(21)2-4-16(18)22/h2-5,10-12,19,27H,6-9H2,1H3. The number of aliphatic hydroxyl groups excluding tert-OH is 1. The second kappa shape index (κ2) is 9.24. The number of halogens is 5. The molecule has 0 bridgehead atoms. The van der Waals surface area contributed by atoms with Crippen molar-refractivity contribution >= 4 is 23.5 Å². The molecule has 0 aromatic heterocycles. The Morgan fingerprint density at radius 1 is 1.03 bits per heavy atom. The lowest BCUT2D eigenvalue weighted by molar-refractivity contribution is -0.0328. The first-order valence-electron chi connectivity index (χ1n) is 9.01. The highest BCUT2D eigenvalue weighted by Crippen LogP contribution is 2.43. The Bertz CT molecular complexity index is 853. The van der Waals surface area contributed by atoms with Crippen molar-refractivity contribution in [1.29, 1.82) is 0 Å². The first kappa shape index (κ1) is 22.4. The van der Waals surface area contributed by atoms with E-state index in [0.29, 0.717) is 23.3 Å². The highest BCUT2D eigenvalue weighted by molar-refractivity contribution is 8.00. The number of hydrogen-bond acceptors (Lipinski definition) is 4. The van der Waals surface area contributed by atoms with E-state index in [9.17, 15) is 27.1 Å². The topological polar surface area (TPSA) is 23.5 Å². The van der Waals surface area contributed by atoms with Gasteiger partial charge < -0.3 is 10.0 Å². The van der Waals surface area contributed by atoms with Crippen molar-refractivity contribution < 1.29 is 27.1 Å². The number of piperidine rings is 1. The molecule has 0 saturated carbocycles. The molecule has 1 saturated heterocycles. The Balaban J connectivity index is 1.94. The number of aliphatic hydroxyl groups is 1. The maximum Gasteiger partial charge on any atom is 0.446 e. The molecular formula is C20H20F5NOS2. The summed E-state index contributed by atoms with van der Waals surface area (Å²) in [5.41, 5.74) is -4.15.